The van der Waals surface area contributed by atoms with Crippen LogP contribution in [0.25, 0.3) is 0 Å². The van der Waals surface area contributed by atoms with Crippen molar-refractivity contribution in [2.75, 3.05) is 10.0 Å². The molecular formula is C30H42N8O10S2. The van der Waals surface area contributed by atoms with Crippen molar-refractivity contribution >= 4 is 67.3 Å². The number of hydrazine groups is 4. The monoisotopic (exact) mass is 738 g/mol. The molecule has 0 aromatic carbocycles. The number of hydrogen-bond acceptors (Lipinski definition) is 18. The van der Waals surface area contributed by atoms with Crippen molar-refractivity contribution in [1.82, 2.24) is 21.0 Å². The fourth-order valence-electron chi connectivity index (χ4n) is 4.39. The minimum Gasteiger partial charge on any atom is -0.481 e. The second-order valence-electron chi connectivity index (χ2n) is 12.6. The van der Waals surface area contributed by atoms with E-state index >= 15 is 0 Å². The summed E-state index contributed by atoms with van der Waals surface area (Å²) in [7, 11) is 0.308. The third-order valence-corrected chi connectivity index (χ3v) is 8.74. The summed E-state index contributed by atoms with van der Waals surface area (Å²) in [6.07, 6.45) is -0.286. The van der Waals surface area contributed by atoms with Crippen LogP contribution in [0.4, 0.5) is 11.6 Å². The molecule has 18 nitrogen and oxygen atoms in total. The van der Waals surface area contributed by atoms with E-state index in [2.05, 4.69) is 21.0 Å². The number of esters is 2. The summed E-state index contributed by atoms with van der Waals surface area (Å²) in [5.74, 6) is 6.29. The van der Waals surface area contributed by atoms with E-state index in [1.807, 2.05) is 0 Å². The molecule has 0 radical (unpaired) electrons. The lowest BCUT2D eigenvalue weighted by atomic mass is 9.93. The van der Waals surface area contributed by atoms with Crippen LogP contribution in [0.5, 0.6) is 0 Å². The van der Waals surface area contributed by atoms with E-state index in [1.54, 1.807) is 12.1 Å². The van der Waals surface area contributed by atoms with Gasteiger partial charge in [-0.2, -0.15) is 11.1 Å². The number of nitrogens with two attached hydrogens (primary N) is 2. The number of hydrogen-bond donors (Lipinski definition) is 6. The highest BCUT2D eigenvalue weighted by molar-refractivity contribution is 8.87. The number of anilines is 2. The number of carbonyl (C=O) groups is 6. The number of aromatic nitrogens is 2. The zero-order valence-electron chi connectivity index (χ0n) is 28.4. The first-order valence-corrected chi connectivity index (χ1v) is 17.1. The van der Waals surface area contributed by atoms with Crippen molar-refractivity contribution < 1.29 is 48.5 Å². The quantitative estimate of drug-likeness (QED) is 0.0471. The van der Waals surface area contributed by atoms with Crippen molar-refractivity contribution in [2.45, 2.75) is 89.5 Å². The fraction of sp³-hybridized carbons (Fsp3) is 0.467. The number of aliphatic carboxylic acids is 2. The van der Waals surface area contributed by atoms with Gasteiger partial charge >= 0.3 is 23.9 Å². The van der Waals surface area contributed by atoms with Crippen LogP contribution in [0.1, 0.15) is 67.2 Å². The fourth-order valence-corrected chi connectivity index (χ4v) is 6.66. The zero-order chi connectivity index (χ0) is 37.9. The molecule has 0 aliphatic carbocycles. The number of nitrogens with one attached hydrogen (secondary N) is 2. The van der Waals surface area contributed by atoms with Crippen LogP contribution in [0, 0.1) is 0 Å². The average Bonchev–Trinajstić information content (AvgIpc) is 3.02. The molecule has 274 valence electrons. The molecule has 0 saturated carbocycles. The third kappa shape index (κ3) is 10.6. The van der Waals surface area contributed by atoms with Gasteiger partial charge in [-0.25, -0.2) is 19.6 Å². The van der Waals surface area contributed by atoms with Crippen LogP contribution in [0.15, 0.2) is 48.8 Å². The lowest BCUT2D eigenvalue weighted by Gasteiger charge is -2.42. The van der Waals surface area contributed by atoms with Gasteiger partial charge in [0.15, 0.2) is 0 Å². The third-order valence-electron chi connectivity index (χ3n) is 6.52. The maximum Gasteiger partial charge on any atom is 0.342 e. The van der Waals surface area contributed by atoms with Crippen molar-refractivity contribution in [3.8, 4) is 0 Å². The molecule has 0 fully saturated rings. The molecule has 0 saturated heterocycles. The Labute approximate surface area is 296 Å². The second kappa shape index (κ2) is 17.5. The average molecular weight is 739 g/mol. The molecule has 0 unspecified atom stereocenters. The minimum absolute atomic E-state index is 0.0882. The van der Waals surface area contributed by atoms with Gasteiger partial charge in [-0.05, 0) is 87.4 Å². The van der Waals surface area contributed by atoms with Crippen molar-refractivity contribution in [3.63, 3.8) is 0 Å². The first-order valence-electron chi connectivity index (χ1n) is 14.9. The summed E-state index contributed by atoms with van der Waals surface area (Å²) in [5.41, 5.74) is -3.05. The van der Waals surface area contributed by atoms with Crippen molar-refractivity contribution in [3.05, 3.63) is 48.8 Å². The Morgan fingerprint density at radius 2 is 1.02 bits per heavy atom. The molecule has 2 rings (SSSR count). The van der Waals surface area contributed by atoms with Gasteiger partial charge in [0.2, 0.25) is 21.3 Å². The van der Waals surface area contributed by atoms with E-state index in [0.717, 1.165) is 10.0 Å². The maximum absolute atomic E-state index is 14.4. The topological polar surface area (TPSA) is 270 Å². The van der Waals surface area contributed by atoms with Crippen LogP contribution < -0.4 is 32.8 Å². The number of carbonyl (C=O) groups excluding carboxylic acids is 4. The maximum atomic E-state index is 14.4. The largest absolute Gasteiger partial charge is 0.481 e. The summed E-state index contributed by atoms with van der Waals surface area (Å²) < 4.78 is 11.2. The van der Waals surface area contributed by atoms with Crippen molar-refractivity contribution in [1.29, 1.82) is 0 Å². The van der Waals surface area contributed by atoms with Gasteiger partial charge in [-0.15, -0.1) is 0 Å². The smallest absolute Gasteiger partial charge is 0.342 e. The Morgan fingerprint density at radius 1 is 0.680 bits per heavy atom. The molecule has 0 amide bonds. The van der Waals surface area contributed by atoms with Crippen LogP contribution in [-0.2, 0) is 38.2 Å². The molecule has 2 heterocycles. The Kier molecular flexibility index (Phi) is 14.7. The SMILES string of the molecule is CC(C)(C)OC(=O)[C@](CCC(=O)O)(C(=O)SSC(=O)[C@@](CCC(=O)O)(C(=O)OC(C)(C)C)N(NN)c1ccccn1)N(NN)c1ccccn1. The normalized spacial score (nSPS) is 14.0. The zero-order valence-corrected chi connectivity index (χ0v) is 30.0. The predicted molar refractivity (Wildman–Crippen MR) is 184 cm³/mol. The highest BCUT2D eigenvalue weighted by Gasteiger charge is 2.58. The highest BCUT2D eigenvalue weighted by Crippen LogP contribution is 2.42. The van der Waals surface area contributed by atoms with Gasteiger partial charge in [0.25, 0.3) is 0 Å². The van der Waals surface area contributed by atoms with Gasteiger partial charge in [0, 0.05) is 38.1 Å². The van der Waals surface area contributed by atoms with Crippen LogP contribution in [0.2, 0.25) is 0 Å². The predicted octanol–water partition coefficient (Wildman–Crippen LogP) is 1.87. The van der Waals surface area contributed by atoms with E-state index in [9.17, 15) is 39.0 Å². The Bertz CT molecular complexity index is 1410. The lowest BCUT2D eigenvalue weighted by Crippen LogP contribution is -2.68. The molecule has 8 N–H and O–H groups in total. The molecular weight excluding hydrogens is 697 g/mol. The molecule has 2 atom stereocenters. The van der Waals surface area contributed by atoms with Crippen LogP contribution in [0.3, 0.4) is 0 Å². The lowest BCUT2D eigenvalue weighted by molar-refractivity contribution is -0.165. The van der Waals surface area contributed by atoms with Crippen molar-refractivity contribution in [2.24, 2.45) is 11.7 Å². The van der Waals surface area contributed by atoms with E-state index in [0.29, 0.717) is 0 Å². The number of ether oxygens (including phenoxy) is 2. The molecule has 50 heavy (non-hydrogen) atoms. The highest BCUT2D eigenvalue weighted by atomic mass is 33.1. The Balaban J connectivity index is 2.80. The molecule has 0 aliphatic rings. The number of carboxylic acids is 2. The summed E-state index contributed by atoms with van der Waals surface area (Å²) in [6.45, 7) is 9.13. The first kappa shape index (κ1) is 41.8. The Morgan fingerprint density at radius 3 is 1.26 bits per heavy atom. The summed E-state index contributed by atoms with van der Waals surface area (Å²) in [4.78, 5) is 88.9. The standard InChI is InChI=1S/C30H42N8O10S2/c1-27(2,3)47-23(43)29(15-13-21(39)40,37(35-31)19-11-7-9-17-33-19)25(45)49-50-26(46)30(16-14-22(41)42,24(44)48-28(4,5)6)38(36-32)20-12-8-10-18-34-20/h7-12,17-18,35-36H,13-16,31-32H2,1-6H3,(H,39,40)(H,41,42)/t29-,30-/m1/s1. The van der Waals surface area contributed by atoms with E-state index in [4.69, 9.17) is 21.2 Å². The molecule has 2 aromatic heterocycles. The number of pyridine rings is 2. The molecule has 0 bridgehead atoms. The number of carboxylic acid groups (broad SMARTS) is 2. The van der Waals surface area contributed by atoms with Gasteiger partial charge in [-0.1, -0.05) is 12.1 Å². The van der Waals surface area contributed by atoms with Crippen LogP contribution in [-0.4, -0.2) is 76.6 Å². The number of rotatable bonds is 16. The summed E-state index contributed by atoms with van der Waals surface area (Å²) in [6, 6.07) is 8.89. The van der Waals surface area contributed by atoms with E-state index in [1.165, 1.54) is 78.2 Å². The van der Waals surface area contributed by atoms with Gasteiger partial charge < -0.3 is 19.7 Å². The van der Waals surface area contributed by atoms with Crippen LogP contribution >= 0.6 is 21.6 Å². The Hall–Kier alpha value is -4.34. The molecule has 0 spiro atoms. The molecule has 2 aromatic rings. The summed E-state index contributed by atoms with van der Waals surface area (Å²) in [5, 5.41) is 18.6. The number of nitrogens with zero attached hydrogens (tertiary/aromatic N) is 4. The first-order chi connectivity index (χ1) is 23.2. The second-order valence-corrected chi connectivity index (χ2v) is 14.6. The van der Waals surface area contributed by atoms with Gasteiger partial charge in [-0.3, -0.25) is 40.9 Å². The molecule has 20 heteroatoms. The summed E-state index contributed by atoms with van der Waals surface area (Å²) >= 11 is 0. The molecule has 0 aliphatic heterocycles. The van der Waals surface area contributed by atoms with Gasteiger partial charge in [0.1, 0.15) is 22.8 Å². The van der Waals surface area contributed by atoms with Gasteiger partial charge in [0.05, 0.1) is 0 Å². The van der Waals surface area contributed by atoms with E-state index < -0.39 is 82.1 Å². The van der Waals surface area contributed by atoms with E-state index in [-0.39, 0.29) is 33.2 Å². The minimum atomic E-state index is -2.57.